The number of fused-ring (bicyclic) bond motifs is 3. The van der Waals surface area contributed by atoms with Crippen molar-refractivity contribution in [3.05, 3.63) is 59.9 Å². The van der Waals surface area contributed by atoms with Crippen molar-refractivity contribution in [1.82, 2.24) is 10.2 Å². The Morgan fingerprint density at radius 1 is 1.19 bits per heavy atom. The van der Waals surface area contributed by atoms with Crippen LogP contribution in [0.15, 0.2) is 52.9 Å². The van der Waals surface area contributed by atoms with E-state index < -0.39 is 5.54 Å². The Balaban J connectivity index is 1.47. The molecule has 1 fully saturated rings. The van der Waals surface area contributed by atoms with E-state index in [-0.39, 0.29) is 36.8 Å². The minimum absolute atomic E-state index is 0.0210. The predicted octanol–water partition coefficient (Wildman–Crippen LogP) is 3.90. The van der Waals surface area contributed by atoms with Crippen LogP contribution in [0.1, 0.15) is 42.3 Å². The highest BCUT2D eigenvalue weighted by atomic mass is 16.5. The number of carbonyl (C=O) groups is 2. The van der Waals surface area contributed by atoms with Crippen molar-refractivity contribution in [1.29, 1.82) is 0 Å². The van der Waals surface area contributed by atoms with E-state index in [1.165, 1.54) is 0 Å². The molecule has 1 aromatic heterocycles. The maximum Gasteiger partial charge on any atom is 0.294 e. The molecular weight excluding hydrogens is 408 g/mol. The van der Waals surface area contributed by atoms with Crippen molar-refractivity contribution in [2.45, 2.75) is 44.3 Å². The van der Waals surface area contributed by atoms with Gasteiger partial charge in [0.1, 0.15) is 17.9 Å². The number of rotatable bonds is 5. The highest BCUT2D eigenvalue weighted by Gasteiger charge is 2.51. The molecule has 2 aliphatic rings. The minimum Gasteiger partial charge on any atom is -0.496 e. The molecule has 166 valence electrons. The Hall–Kier alpha value is -3.48. The second-order valence-electron chi connectivity index (χ2n) is 8.57. The summed E-state index contributed by atoms with van der Waals surface area (Å²) >= 11 is 0. The van der Waals surface area contributed by atoms with Crippen LogP contribution in [0.4, 0.5) is 0 Å². The molecule has 2 heterocycles. The van der Waals surface area contributed by atoms with Gasteiger partial charge in [-0.2, -0.15) is 0 Å². The summed E-state index contributed by atoms with van der Waals surface area (Å²) in [7, 11) is 1.60. The van der Waals surface area contributed by atoms with Gasteiger partial charge in [-0.25, -0.2) is 0 Å². The highest BCUT2D eigenvalue weighted by molar-refractivity contribution is 6.05. The van der Waals surface area contributed by atoms with Gasteiger partial charge in [0.05, 0.1) is 12.5 Å². The molecule has 1 unspecified atom stereocenters. The highest BCUT2D eigenvalue weighted by Crippen LogP contribution is 2.41. The van der Waals surface area contributed by atoms with Gasteiger partial charge in [0.25, 0.3) is 5.91 Å². The fourth-order valence-corrected chi connectivity index (χ4v) is 4.53. The molecule has 0 spiro atoms. The lowest BCUT2D eigenvalue weighted by Crippen LogP contribution is -2.65. The molecule has 0 radical (unpaired) electrons. The molecule has 5 rings (SSSR count). The van der Waals surface area contributed by atoms with E-state index in [2.05, 4.69) is 5.32 Å². The molecule has 2 aromatic carbocycles. The first-order valence-electron chi connectivity index (χ1n) is 10.9. The van der Waals surface area contributed by atoms with E-state index in [9.17, 15) is 9.59 Å². The molecule has 1 N–H and O–H groups in total. The Bertz CT molecular complexity index is 1180. The summed E-state index contributed by atoms with van der Waals surface area (Å²) in [5.41, 5.74) is 0.289. The van der Waals surface area contributed by atoms with E-state index in [0.717, 1.165) is 30.2 Å². The largest absolute Gasteiger partial charge is 0.496 e. The smallest absolute Gasteiger partial charge is 0.294 e. The van der Waals surface area contributed by atoms with Crippen molar-refractivity contribution < 1.29 is 23.5 Å². The summed E-state index contributed by atoms with van der Waals surface area (Å²) in [4.78, 5) is 28.9. The van der Waals surface area contributed by atoms with Gasteiger partial charge >= 0.3 is 0 Å². The summed E-state index contributed by atoms with van der Waals surface area (Å²) in [6.45, 7) is 2.11. The molecule has 2 amide bonds. The van der Waals surface area contributed by atoms with E-state index in [0.29, 0.717) is 17.1 Å². The molecule has 1 atom stereocenters. The Kier molecular flexibility index (Phi) is 5.04. The number of nitrogens with zero attached hydrogens (tertiary/aromatic N) is 1. The molecule has 0 bridgehead atoms. The topological polar surface area (TPSA) is 81.0 Å². The molecule has 1 aliphatic carbocycles. The van der Waals surface area contributed by atoms with Crippen LogP contribution in [0.2, 0.25) is 0 Å². The lowest BCUT2D eigenvalue weighted by molar-refractivity contribution is -0.135. The van der Waals surface area contributed by atoms with Crippen molar-refractivity contribution in [3.8, 4) is 11.5 Å². The third kappa shape index (κ3) is 3.20. The fraction of sp³-hybridized carbons (Fsp3) is 0.360. The number of carbonyl (C=O) groups excluding carboxylic acids is 2. The average Bonchev–Trinajstić information content (AvgIpc) is 3.12. The fourth-order valence-electron chi connectivity index (χ4n) is 4.53. The van der Waals surface area contributed by atoms with Gasteiger partial charge in [-0.15, -0.1) is 0 Å². The van der Waals surface area contributed by atoms with E-state index in [1.54, 1.807) is 18.9 Å². The average molecular weight is 434 g/mol. The van der Waals surface area contributed by atoms with Crippen molar-refractivity contribution in [2.24, 2.45) is 0 Å². The van der Waals surface area contributed by atoms with Crippen molar-refractivity contribution in [2.75, 3.05) is 13.7 Å². The van der Waals surface area contributed by atoms with Gasteiger partial charge in [0, 0.05) is 18.2 Å². The SMILES string of the molecule is COc1ccccc1CNC(=O)C1(C)COc2c(oc3ccccc23)C(=O)N1C1CCC1. The molecule has 7 nitrogen and oxygen atoms in total. The second-order valence-corrected chi connectivity index (χ2v) is 8.57. The summed E-state index contributed by atoms with van der Waals surface area (Å²) < 4.78 is 17.4. The van der Waals surface area contributed by atoms with Gasteiger partial charge in [-0.3, -0.25) is 9.59 Å². The van der Waals surface area contributed by atoms with Crippen LogP contribution < -0.4 is 14.8 Å². The number of ether oxygens (including phenoxy) is 2. The van der Waals surface area contributed by atoms with Crippen LogP contribution in [0, 0.1) is 0 Å². The van der Waals surface area contributed by atoms with E-state index in [1.807, 2.05) is 48.5 Å². The van der Waals surface area contributed by atoms with Crippen LogP contribution in [-0.2, 0) is 11.3 Å². The first-order chi connectivity index (χ1) is 15.5. The zero-order valence-corrected chi connectivity index (χ0v) is 18.2. The van der Waals surface area contributed by atoms with Crippen molar-refractivity contribution in [3.63, 3.8) is 0 Å². The first kappa shape index (κ1) is 20.4. The Morgan fingerprint density at radius 2 is 1.94 bits per heavy atom. The van der Waals surface area contributed by atoms with Crippen LogP contribution in [0.25, 0.3) is 11.0 Å². The lowest BCUT2D eigenvalue weighted by atomic mass is 9.86. The number of furan rings is 1. The molecule has 0 saturated heterocycles. The summed E-state index contributed by atoms with van der Waals surface area (Å²) in [6.07, 6.45) is 2.74. The minimum atomic E-state index is -1.17. The Morgan fingerprint density at radius 3 is 2.69 bits per heavy atom. The van der Waals surface area contributed by atoms with Crippen LogP contribution in [0.3, 0.4) is 0 Å². The quantitative estimate of drug-likeness (QED) is 0.659. The standard InChI is InChI=1S/C25H26N2O5/c1-25(24(29)26-14-16-8-3-5-12-19(16)30-2)15-31-21-18-11-4-6-13-20(18)32-22(21)23(28)27(25)17-9-7-10-17/h3-6,8,11-13,17H,7,9-10,14-15H2,1-2H3,(H,26,29). The molecule has 32 heavy (non-hydrogen) atoms. The molecule has 1 aliphatic heterocycles. The molecular formula is C25H26N2O5. The van der Waals surface area contributed by atoms with Gasteiger partial charge in [-0.1, -0.05) is 30.3 Å². The van der Waals surface area contributed by atoms with E-state index in [4.69, 9.17) is 13.9 Å². The Labute approximate surface area is 186 Å². The van der Waals surface area contributed by atoms with Crippen molar-refractivity contribution >= 4 is 22.8 Å². The van der Waals surface area contributed by atoms with Crippen LogP contribution >= 0.6 is 0 Å². The predicted molar refractivity (Wildman–Crippen MR) is 119 cm³/mol. The molecule has 3 aromatic rings. The third-order valence-electron chi connectivity index (χ3n) is 6.55. The number of benzene rings is 2. The van der Waals surface area contributed by atoms with Gasteiger partial charge in [0.15, 0.2) is 11.3 Å². The maximum absolute atomic E-state index is 13.7. The third-order valence-corrected chi connectivity index (χ3v) is 6.55. The maximum atomic E-state index is 13.7. The van der Waals surface area contributed by atoms with Gasteiger partial charge in [0.2, 0.25) is 11.7 Å². The summed E-state index contributed by atoms with van der Waals surface area (Å²) in [5.74, 6) is 0.717. The number of amides is 2. The number of hydrogen-bond acceptors (Lipinski definition) is 5. The number of nitrogens with one attached hydrogen (secondary N) is 1. The first-order valence-corrected chi connectivity index (χ1v) is 10.9. The normalized spacial score (nSPS) is 20.8. The number of hydrogen-bond donors (Lipinski definition) is 1. The summed E-state index contributed by atoms with van der Waals surface area (Å²) in [5, 5.41) is 3.74. The molecule has 7 heteroatoms. The second kappa shape index (κ2) is 7.89. The van der Waals surface area contributed by atoms with Gasteiger partial charge < -0.3 is 24.1 Å². The van der Waals surface area contributed by atoms with Crippen LogP contribution in [0.5, 0.6) is 11.5 Å². The summed E-state index contributed by atoms with van der Waals surface area (Å²) in [6, 6.07) is 14.9. The lowest BCUT2D eigenvalue weighted by Gasteiger charge is -2.46. The zero-order chi connectivity index (χ0) is 22.3. The monoisotopic (exact) mass is 434 g/mol. The molecule has 1 saturated carbocycles. The van der Waals surface area contributed by atoms with E-state index >= 15 is 0 Å². The number of methoxy groups -OCH3 is 1. The van der Waals surface area contributed by atoms with Gasteiger partial charge in [-0.05, 0) is 44.4 Å². The zero-order valence-electron chi connectivity index (χ0n) is 18.2. The number of para-hydroxylation sites is 2. The van der Waals surface area contributed by atoms with Crippen LogP contribution in [-0.4, -0.2) is 42.0 Å².